The summed E-state index contributed by atoms with van der Waals surface area (Å²) < 4.78 is 62.3. The van der Waals surface area contributed by atoms with Gasteiger partial charge in [0.15, 0.2) is 23.6 Å². The summed E-state index contributed by atoms with van der Waals surface area (Å²) in [7, 11) is -4.62. The number of fused-ring (bicyclic) bond motifs is 1. The molecule has 0 aromatic carbocycles. The molecule has 0 aliphatic carbocycles. The van der Waals surface area contributed by atoms with Crippen LogP contribution in [0.25, 0.3) is 11.2 Å². The van der Waals surface area contributed by atoms with Crippen molar-refractivity contribution >= 4 is 36.9 Å². The number of halogens is 1. The highest BCUT2D eigenvalue weighted by Crippen LogP contribution is 2.53. The average molecular weight is 618 g/mol. The molecule has 0 radical (unpaired) electrons. The Kier molecular flexibility index (Phi) is 9.69. The third-order valence-electron chi connectivity index (χ3n) is 6.41. The molecule has 2 aromatic heterocycles. The Bertz CT molecular complexity index is 1400. The number of ether oxygens (including phenoxy) is 3. The van der Waals surface area contributed by atoms with Crippen LogP contribution in [-0.2, 0) is 41.9 Å². The summed E-state index contributed by atoms with van der Waals surface area (Å²) in [5.74, 6) is -2.48. The number of phosphoric acid groups is 1. The number of anilines is 1. The lowest BCUT2D eigenvalue weighted by molar-refractivity contribution is -0.164. The van der Waals surface area contributed by atoms with Crippen LogP contribution in [0.5, 0.6) is 0 Å². The van der Waals surface area contributed by atoms with E-state index in [0.29, 0.717) is 0 Å². The molecule has 15 nitrogen and oxygen atoms in total. The third-order valence-corrected chi connectivity index (χ3v) is 7.69. The lowest BCUT2D eigenvalue weighted by Gasteiger charge is -2.30. The second-order valence-electron chi connectivity index (χ2n) is 11.8. The number of hydrogen-bond acceptors (Lipinski definition) is 13. The largest absolute Gasteiger partial charge is 0.480 e. The fraction of sp³-hybridized carbons (Fsp3) is 0.640. The van der Waals surface area contributed by atoms with Gasteiger partial charge in [0.2, 0.25) is 19.5 Å². The number of nitrogens with two attached hydrogens (primary N) is 1. The molecule has 0 saturated carbocycles. The maximum Gasteiger partial charge on any atom is 0.480 e. The summed E-state index contributed by atoms with van der Waals surface area (Å²) in [6.07, 6.45) is -0.627. The number of nitrogen functional groups attached to an aromatic ring is 1. The molecule has 0 spiro atoms. The highest BCUT2D eigenvalue weighted by Gasteiger charge is 2.54. The molecule has 42 heavy (non-hydrogen) atoms. The Morgan fingerprint density at radius 1 is 1.17 bits per heavy atom. The molecule has 0 amide bonds. The van der Waals surface area contributed by atoms with E-state index in [0.717, 1.165) is 0 Å². The first-order chi connectivity index (χ1) is 19.3. The van der Waals surface area contributed by atoms with Gasteiger partial charge in [0.05, 0.1) is 23.8 Å². The molecule has 3 rings (SSSR count). The SMILES string of the molecule is C=C[C@]1(COP(=O)(OCOC(=O)C(C)(C)C)OCOC(=O)C(C)(C)C)O[C@@H](n2cnc3c(=O)[nH]c(N)nc32)[C@H](F)[C@@H]1C. The molecule has 2 aromatic rings. The zero-order valence-electron chi connectivity index (χ0n) is 24.5. The van der Waals surface area contributed by atoms with Crippen molar-refractivity contribution in [1.29, 1.82) is 0 Å². The number of aromatic amines is 1. The number of rotatable bonds is 11. The number of H-pyrrole nitrogens is 1. The first-order valence-corrected chi connectivity index (χ1v) is 14.4. The maximum absolute atomic E-state index is 15.7. The Hall–Kier alpha value is -3.17. The van der Waals surface area contributed by atoms with Crippen LogP contribution in [-0.4, -0.2) is 63.4 Å². The summed E-state index contributed by atoms with van der Waals surface area (Å²) in [6.45, 7) is 12.6. The lowest BCUT2D eigenvalue weighted by Crippen LogP contribution is -2.38. The summed E-state index contributed by atoms with van der Waals surface area (Å²) >= 11 is 0. The van der Waals surface area contributed by atoms with Gasteiger partial charge < -0.3 is 19.9 Å². The maximum atomic E-state index is 15.7. The van der Waals surface area contributed by atoms with Gasteiger partial charge in [0.1, 0.15) is 5.60 Å². The number of carbonyl (C=O) groups excluding carboxylic acids is 2. The van der Waals surface area contributed by atoms with Crippen LogP contribution in [0.2, 0.25) is 0 Å². The number of aromatic nitrogens is 4. The van der Waals surface area contributed by atoms with E-state index in [1.54, 1.807) is 41.5 Å². The molecule has 17 heteroatoms. The summed E-state index contributed by atoms with van der Waals surface area (Å²) in [4.78, 5) is 46.8. The minimum Gasteiger partial charge on any atom is -0.437 e. The number of nitrogens with one attached hydrogen (secondary N) is 1. The minimum absolute atomic E-state index is 0.0180. The highest BCUT2D eigenvalue weighted by molar-refractivity contribution is 7.48. The number of imidazole rings is 1. The smallest absolute Gasteiger partial charge is 0.437 e. The van der Waals surface area contributed by atoms with E-state index in [1.165, 1.54) is 23.9 Å². The molecule has 3 N–H and O–H groups in total. The number of carbonyl (C=O) groups is 2. The predicted octanol–water partition coefficient (Wildman–Crippen LogP) is 3.38. The zero-order valence-corrected chi connectivity index (χ0v) is 25.4. The van der Waals surface area contributed by atoms with Gasteiger partial charge >= 0.3 is 19.8 Å². The quantitative estimate of drug-likeness (QED) is 0.161. The lowest BCUT2D eigenvalue weighted by atomic mass is 9.88. The van der Waals surface area contributed by atoms with Crippen molar-refractivity contribution in [3.63, 3.8) is 0 Å². The Morgan fingerprint density at radius 2 is 1.71 bits per heavy atom. The van der Waals surface area contributed by atoms with Crippen LogP contribution < -0.4 is 11.3 Å². The van der Waals surface area contributed by atoms with Crippen molar-refractivity contribution in [3.8, 4) is 0 Å². The monoisotopic (exact) mass is 617 g/mol. The average Bonchev–Trinajstić information content (AvgIpc) is 3.41. The third kappa shape index (κ3) is 7.24. The summed E-state index contributed by atoms with van der Waals surface area (Å²) in [5.41, 5.74) is 1.55. The second-order valence-corrected chi connectivity index (χ2v) is 13.4. The molecule has 4 atom stereocenters. The van der Waals surface area contributed by atoms with Crippen molar-refractivity contribution < 1.29 is 46.3 Å². The molecule has 0 bridgehead atoms. The molecule has 1 fully saturated rings. The summed E-state index contributed by atoms with van der Waals surface area (Å²) in [5, 5.41) is 0. The van der Waals surface area contributed by atoms with E-state index < -0.39 is 80.3 Å². The van der Waals surface area contributed by atoms with E-state index in [9.17, 15) is 18.9 Å². The standard InChI is InChI=1S/C25H37FN5O10P/c1-9-25(14(2)15(26)19(41-25)31-11-28-16-17(31)29-22(27)30-18(16)32)10-38-42(35,39-12-36-20(33)23(3,4)5)40-13-37-21(34)24(6,7)8/h9,11,14-15,19H,1,10,12-13H2,2-8H3,(H3,27,29,30,32)/t14-,15+,19+,25+/m0/s1. The second kappa shape index (κ2) is 12.2. The number of alkyl halides is 1. The van der Waals surface area contributed by atoms with E-state index in [4.69, 9.17) is 33.5 Å². The Morgan fingerprint density at radius 3 is 2.21 bits per heavy atom. The van der Waals surface area contributed by atoms with Crippen molar-refractivity contribution in [3.05, 3.63) is 29.3 Å². The van der Waals surface area contributed by atoms with Gasteiger partial charge in [-0.2, -0.15) is 4.98 Å². The van der Waals surface area contributed by atoms with Gasteiger partial charge in [-0.15, -0.1) is 6.58 Å². The molecule has 234 valence electrons. The van der Waals surface area contributed by atoms with Gasteiger partial charge in [-0.3, -0.25) is 28.5 Å². The van der Waals surface area contributed by atoms with Gasteiger partial charge in [-0.05, 0) is 41.5 Å². The summed E-state index contributed by atoms with van der Waals surface area (Å²) in [6, 6.07) is 0. The van der Waals surface area contributed by atoms with Gasteiger partial charge in [-0.25, -0.2) is 23.0 Å². The van der Waals surface area contributed by atoms with Crippen LogP contribution in [0.3, 0.4) is 0 Å². The normalized spacial score (nSPS) is 23.2. The molecular formula is C25H37FN5O10P. The van der Waals surface area contributed by atoms with Crippen molar-refractivity contribution in [2.24, 2.45) is 16.7 Å². The van der Waals surface area contributed by atoms with Crippen LogP contribution in [0, 0.1) is 16.7 Å². The fourth-order valence-corrected chi connectivity index (χ4v) is 4.67. The Balaban J connectivity index is 1.82. The number of hydrogen-bond donors (Lipinski definition) is 2. The van der Waals surface area contributed by atoms with Crippen LogP contribution in [0.4, 0.5) is 10.3 Å². The van der Waals surface area contributed by atoms with E-state index >= 15 is 4.39 Å². The molecular weight excluding hydrogens is 580 g/mol. The number of nitrogens with zero attached hydrogens (tertiary/aromatic N) is 3. The van der Waals surface area contributed by atoms with Gasteiger partial charge in [0.25, 0.3) is 5.56 Å². The number of phosphoric ester groups is 1. The molecule has 3 heterocycles. The van der Waals surface area contributed by atoms with E-state index in [2.05, 4.69) is 21.5 Å². The van der Waals surface area contributed by atoms with E-state index in [1.807, 2.05) is 0 Å². The zero-order chi connectivity index (χ0) is 31.7. The van der Waals surface area contributed by atoms with Crippen molar-refractivity contribution in [1.82, 2.24) is 19.5 Å². The first-order valence-electron chi connectivity index (χ1n) is 12.9. The molecule has 0 unspecified atom stereocenters. The first kappa shape index (κ1) is 33.3. The molecule has 1 aliphatic rings. The Labute approximate surface area is 241 Å². The highest BCUT2D eigenvalue weighted by atomic mass is 31.2. The van der Waals surface area contributed by atoms with Crippen LogP contribution in [0.1, 0.15) is 54.7 Å². The number of esters is 2. The van der Waals surface area contributed by atoms with E-state index in [-0.39, 0.29) is 17.1 Å². The van der Waals surface area contributed by atoms with Gasteiger partial charge in [0, 0.05) is 5.92 Å². The fourth-order valence-electron chi connectivity index (χ4n) is 3.73. The minimum atomic E-state index is -4.62. The van der Waals surface area contributed by atoms with Crippen LogP contribution >= 0.6 is 7.82 Å². The topological polar surface area (TPSA) is 196 Å². The molecule has 1 saturated heterocycles. The van der Waals surface area contributed by atoms with Crippen molar-refractivity contribution in [2.45, 2.75) is 66.5 Å². The van der Waals surface area contributed by atoms with Gasteiger partial charge in [-0.1, -0.05) is 13.0 Å². The molecule has 1 aliphatic heterocycles. The van der Waals surface area contributed by atoms with Crippen LogP contribution in [0.15, 0.2) is 23.8 Å². The van der Waals surface area contributed by atoms with Crippen molar-refractivity contribution in [2.75, 3.05) is 25.9 Å². The predicted molar refractivity (Wildman–Crippen MR) is 146 cm³/mol.